The summed E-state index contributed by atoms with van der Waals surface area (Å²) >= 11 is 0. The van der Waals surface area contributed by atoms with Crippen LogP contribution in [-0.4, -0.2) is 31.8 Å². The summed E-state index contributed by atoms with van der Waals surface area (Å²) in [4.78, 5) is 39.0. The number of nitrogens with zero attached hydrogens (tertiary/aromatic N) is 4. The van der Waals surface area contributed by atoms with Gasteiger partial charge in [0.1, 0.15) is 12.2 Å². The van der Waals surface area contributed by atoms with E-state index < -0.39 is 11.7 Å². The van der Waals surface area contributed by atoms with Gasteiger partial charge >= 0.3 is 11.4 Å². The van der Waals surface area contributed by atoms with Gasteiger partial charge in [0, 0.05) is 7.05 Å². The normalized spacial score (nSPS) is 23.5. The van der Waals surface area contributed by atoms with Gasteiger partial charge < -0.3 is 4.90 Å². The standard InChI is InChI=1S/C14H14N4O3/c1-15-11-8-7-10(12(15)19)17-13(20)16(14(21)18(11)17)9-5-3-2-4-6-9/h2-6,10-11H,7-8H2,1H3/t10-,11-/m1/s1. The molecule has 0 aliphatic carbocycles. The number of aromatic nitrogens is 3. The second-order valence-corrected chi connectivity index (χ2v) is 5.45. The van der Waals surface area contributed by atoms with Crippen molar-refractivity contribution in [3.8, 4) is 5.69 Å². The molecular formula is C14H14N4O3. The van der Waals surface area contributed by atoms with Crippen LogP contribution in [0.25, 0.3) is 5.69 Å². The van der Waals surface area contributed by atoms with Crippen molar-refractivity contribution in [3.05, 3.63) is 51.3 Å². The van der Waals surface area contributed by atoms with E-state index >= 15 is 0 Å². The third-order valence-corrected chi connectivity index (χ3v) is 4.38. The third-order valence-electron chi connectivity index (χ3n) is 4.38. The summed E-state index contributed by atoms with van der Waals surface area (Å²) in [7, 11) is 1.68. The maximum Gasteiger partial charge on any atom is 0.353 e. The Morgan fingerprint density at radius 3 is 2.33 bits per heavy atom. The molecule has 0 N–H and O–H groups in total. The Balaban J connectivity index is 2.04. The third kappa shape index (κ3) is 1.40. The van der Waals surface area contributed by atoms with E-state index in [0.717, 1.165) is 4.57 Å². The maximum absolute atomic E-state index is 12.6. The summed E-state index contributed by atoms with van der Waals surface area (Å²) < 4.78 is 3.88. The molecular weight excluding hydrogens is 272 g/mol. The van der Waals surface area contributed by atoms with E-state index in [1.807, 2.05) is 6.07 Å². The largest absolute Gasteiger partial charge is 0.353 e. The van der Waals surface area contributed by atoms with Crippen molar-refractivity contribution in [3.63, 3.8) is 0 Å². The molecule has 3 aliphatic rings. The molecule has 1 aromatic carbocycles. The Morgan fingerprint density at radius 2 is 1.62 bits per heavy atom. The van der Waals surface area contributed by atoms with Gasteiger partial charge in [-0.05, 0) is 25.0 Å². The highest BCUT2D eigenvalue weighted by molar-refractivity contribution is 5.81. The molecule has 7 nitrogen and oxygen atoms in total. The average molecular weight is 286 g/mol. The Kier molecular flexibility index (Phi) is 2.30. The van der Waals surface area contributed by atoms with E-state index in [9.17, 15) is 14.4 Å². The first-order chi connectivity index (χ1) is 10.1. The molecule has 2 bridgehead atoms. The number of benzene rings is 1. The van der Waals surface area contributed by atoms with E-state index in [0.29, 0.717) is 18.5 Å². The minimum Gasteiger partial charge on any atom is -0.322 e. The molecule has 3 aliphatic heterocycles. The van der Waals surface area contributed by atoms with Crippen LogP contribution in [0.1, 0.15) is 25.0 Å². The fourth-order valence-corrected chi connectivity index (χ4v) is 3.34. The van der Waals surface area contributed by atoms with Crippen molar-refractivity contribution < 1.29 is 4.79 Å². The smallest absolute Gasteiger partial charge is 0.322 e. The Morgan fingerprint density at radius 1 is 0.952 bits per heavy atom. The van der Waals surface area contributed by atoms with Crippen LogP contribution >= 0.6 is 0 Å². The molecule has 1 amide bonds. The van der Waals surface area contributed by atoms with E-state index in [1.54, 1.807) is 36.2 Å². The van der Waals surface area contributed by atoms with E-state index in [4.69, 9.17) is 0 Å². The molecule has 1 aromatic heterocycles. The fourth-order valence-electron chi connectivity index (χ4n) is 3.34. The Hall–Kier alpha value is -2.57. The van der Waals surface area contributed by atoms with Gasteiger partial charge in [0.25, 0.3) is 0 Å². The van der Waals surface area contributed by atoms with Gasteiger partial charge in [-0.3, -0.25) is 4.79 Å². The first kappa shape index (κ1) is 12.2. The fraction of sp³-hybridized carbons (Fsp3) is 0.357. The topological polar surface area (TPSA) is 69.2 Å². The number of hydrogen-bond donors (Lipinski definition) is 0. The summed E-state index contributed by atoms with van der Waals surface area (Å²) in [6, 6.07) is 8.22. The summed E-state index contributed by atoms with van der Waals surface area (Å²) in [5.74, 6) is -0.0986. The van der Waals surface area contributed by atoms with Gasteiger partial charge in [0.2, 0.25) is 5.91 Å². The van der Waals surface area contributed by atoms with Gasteiger partial charge in [-0.1, -0.05) is 18.2 Å². The van der Waals surface area contributed by atoms with Gasteiger partial charge in [-0.15, -0.1) is 0 Å². The van der Waals surface area contributed by atoms with Crippen LogP contribution in [0.5, 0.6) is 0 Å². The van der Waals surface area contributed by atoms with Gasteiger partial charge in [-0.2, -0.15) is 0 Å². The lowest BCUT2D eigenvalue weighted by Crippen LogP contribution is -2.55. The van der Waals surface area contributed by atoms with Crippen LogP contribution in [-0.2, 0) is 4.79 Å². The number of carbonyl (C=O) groups is 1. The predicted molar refractivity (Wildman–Crippen MR) is 74.4 cm³/mol. The number of carbonyl (C=O) groups excluding carboxylic acids is 1. The SMILES string of the molecule is CN1C(=O)[C@H]2CC[C@H]1n1c(=O)n(-c3ccccc3)c(=O)n12. The molecule has 1 saturated heterocycles. The predicted octanol–water partition coefficient (Wildman–Crippen LogP) is 0.106. The van der Waals surface area contributed by atoms with Crippen molar-refractivity contribution in [1.82, 2.24) is 18.8 Å². The zero-order valence-electron chi connectivity index (χ0n) is 11.5. The van der Waals surface area contributed by atoms with Gasteiger partial charge in [0.05, 0.1) is 5.69 Å². The first-order valence-electron chi connectivity index (χ1n) is 6.89. The van der Waals surface area contributed by atoms with Gasteiger partial charge in [0.15, 0.2) is 0 Å². The second-order valence-electron chi connectivity index (χ2n) is 5.45. The van der Waals surface area contributed by atoms with Crippen LogP contribution in [0.3, 0.4) is 0 Å². The number of amides is 1. The summed E-state index contributed by atoms with van der Waals surface area (Å²) in [5.41, 5.74) is -0.306. The van der Waals surface area contributed by atoms with Crippen LogP contribution in [0.2, 0.25) is 0 Å². The molecule has 0 unspecified atom stereocenters. The highest BCUT2D eigenvalue weighted by atomic mass is 16.2. The molecule has 108 valence electrons. The van der Waals surface area contributed by atoms with E-state index in [1.165, 1.54) is 9.36 Å². The number of rotatable bonds is 1. The molecule has 2 atom stereocenters. The maximum atomic E-state index is 12.6. The van der Waals surface area contributed by atoms with Crippen LogP contribution in [0.15, 0.2) is 39.9 Å². The van der Waals surface area contributed by atoms with E-state index in [-0.39, 0.29) is 17.8 Å². The molecule has 1 fully saturated rings. The highest BCUT2D eigenvalue weighted by Gasteiger charge is 2.45. The lowest BCUT2D eigenvalue weighted by atomic mass is 10.0. The number of para-hydroxylation sites is 1. The number of hydrogen-bond acceptors (Lipinski definition) is 3. The number of piperidine rings is 1. The minimum atomic E-state index is -0.565. The Bertz CT molecular complexity index is 845. The van der Waals surface area contributed by atoms with Crippen molar-refractivity contribution in [2.75, 3.05) is 7.05 Å². The molecule has 5 rings (SSSR count). The molecule has 0 radical (unpaired) electrons. The molecule has 0 saturated carbocycles. The monoisotopic (exact) mass is 286 g/mol. The molecule has 0 spiro atoms. The van der Waals surface area contributed by atoms with Crippen molar-refractivity contribution >= 4 is 5.91 Å². The molecule has 21 heavy (non-hydrogen) atoms. The van der Waals surface area contributed by atoms with Crippen LogP contribution in [0.4, 0.5) is 0 Å². The van der Waals surface area contributed by atoms with Crippen molar-refractivity contribution in [2.45, 2.75) is 25.0 Å². The summed E-state index contributed by atoms with van der Waals surface area (Å²) in [6.07, 6.45) is 0.935. The highest BCUT2D eigenvalue weighted by Crippen LogP contribution is 2.35. The first-order valence-corrected chi connectivity index (χ1v) is 6.89. The lowest BCUT2D eigenvalue weighted by Gasteiger charge is -2.43. The van der Waals surface area contributed by atoms with Crippen molar-refractivity contribution in [2.24, 2.45) is 0 Å². The summed E-state index contributed by atoms with van der Waals surface area (Å²) in [5, 5.41) is 0. The molecule has 4 heterocycles. The van der Waals surface area contributed by atoms with Crippen LogP contribution in [0, 0.1) is 0 Å². The second kappa shape index (κ2) is 3.97. The minimum absolute atomic E-state index is 0.0986. The van der Waals surface area contributed by atoms with Gasteiger partial charge in [-0.25, -0.2) is 23.5 Å². The van der Waals surface area contributed by atoms with Crippen LogP contribution < -0.4 is 11.4 Å². The lowest BCUT2D eigenvalue weighted by molar-refractivity contribution is -0.149. The average Bonchev–Trinajstić information content (AvgIpc) is 2.78. The quantitative estimate of drug-likeness (QED) is 0.747. The summed E-state index contributed by atoms with van der Waals surface area (Å²) in [6.45, 7) is 0. The Labute approximate surface area is 119 Å². The zero-order chi connectivity index (χ0) is 14.7. The number of likely N-dealkylation sites (N-methyl/N-ethyl adjacent to an activating group) is 1. The number of fused-ring (bicyclic) bond motifs is 2. The molecule has 7 heteroatoms. The van der Waals surface area contributed by atoms with E-state index in [2.05, 4.69) is 0 Å². The van der Waals surface area contributed by atoms with Crippen molar-refractivity contribution in [1.29, 1.82) is 0 Å². The molecule has 2 aromatic rings. The zero-order valence-corrected chi connectivity index (χ0v) is 11.5.